The number of benzene rings is 1. The predicted molar refractivity (Wildman–Crippen MR) is 80.7 cm³/mol. The number of piperidine rings is 1. The van der Waals surface area contributed by atoms with Gasteiger partial charge in [-0.2, -0.15) is 0 Å². The minimum absolute atomic E-state index is 0.0253. The van der Waals surface area contributed by atoms with Gasteiger partial charge in [0.25, 0.3) is 5.91 Å². The monoisotopic (exact) mass is 273 g/mol. The van der Waals surface area contributed by atoms with E-state index in [1.807, 2.05) is 25.1 Å². The Kier molecular flexibility index (Phi) is 3.66. The number of fused-ring (bicyclic) bond motifs is 1. The summed E-state index contributed by atoms with van der Waals surface area (Å²) >= 11 is 0. The Morgan fingerprint density at radius 1 is 1.35 bits per heavy atom. The minimum atomic E-state index is -0.0253. The molecule has 20 heavy (non-hydrogen) atoms. The van der Waals surface area contributed by atoms with Crippen LogP contribution >= 0.6 is 0 Å². The lowest BCUT2D eigenvalue weighted by Gasteiger charge is -2.35. The molecule has 2 atom stereocenters. The fourth-order valence-electron chi connectivity index (χ4n) is 3.50. The molecule has 1 amide bonds. The minimum Gasteiger partial charge on any atom is -0.398 e. The maximum Gasteiger partial charge on any atom is 0.253 e. The van der Waals surface area contributed by atoms with E-state index in [1.54, 1.807) is 0 Å². The van der Waals surface area contributed by atoms with Crippen LogP contribution in [0.1, 0.15) is 41.6 Å². The van der Waals surface area contributed by atoms with Gasteiger partial charge in [-0.25, -0.2) is 0 Å². The van der Waals surface area contributed by atoms with Gasteiger partial charge >= 0.3 is 0 Å². The van der Waals surface area contributed by atoms with Crippen LogP contribution in [0.3, 0.4) is 0 Å². The lowest BCUT2D eigenvalue weighted by molar-refractivity contribution is 0.0897. The summed E-state index contributed by atoms with van der Waals surface area (Å²) in [5.41, 5.74) is 8.18. The molecule has 2 fully saturated rings. The number of amides is 1. The topological polar surface area (TPSA) is 58.4 Å². The maximum absolute atomic E-state index is 12.4. The van der Waals surface area contributed by atoms with Crippen molar-refractivity contribution in [1.82, 2.24) is 10.2 Å². The molecule has 0 spiro atoms. The molecule has 1 aromatic carbocycles. The van der Waals surface area contributed by atoms with E-state index in [-0.39, 0.29) is 5.91 Å². The number of nitrogens with zero attached hydrogens (tertiary/aromatic N) is 1. The highest BCUT2D eigenvalue weighted by atomic mass is 16.1. The number of hydrogen-bond acceptors (Lipinski definition) is 3. The zero-order valence-electron chi connectivity index (χ0n) is 12.1. The Bertz CT molecular complexity index is 514. The van der Waals surface area contributed by atoms with Crippen LogP contribution in [0.15, 0.2) is 18.2 Å². The van der Waals surface area contributed by atoms with Gasteiger partial charge < -0.3 is 16.0 Å². The molecule has 3 N–H and O–H groups in total. The third-order valence-electron chi connectivity index (χ3n) is 4.72. The maximum atomic E-state index is 12.4. The van der Waals surface area contributed by atoms with Crippen LogP contribution in [0.5, 0.6) is 0 Å². The summed E-state index contributed by atoms with van der Waals surface area (Å²) in [6.07, 6.45) is 4.71. The van der Waals surface area contributed by atoms with E-state index < -0.39 is 0 Å². The van der Waals surface area contributed by atoms with Crippen molar-refractivity contribution in [2.45, 2.75) is 44.7 Å². The summed E-state index contributed by atoms with van der Waals surface area (Å²) in [5.74, 6) is -0.0253. The number of hydrogen-bond donors (Lipinski definition) is 2. The number of anilines is 1. The second-order valence-corrected chi connectivity index (χ2v) is 6.06. The van der Waals surface area contributed by atoms with E-state index in [0.29, 0.717) is 23.3 Å². The summed E-state index contributed by atoms with van der Waals surface area (Å²) < 4.78 is 0. The third kappa shape index (κ3) is 2.52. The van der Waals surface area contributed by atoms with Gasteiger partial charge in [0.2, 0.25) is 0 Å². The van der Waals surface area contributed by atoms with Crippen LogP contribution in [-0.2, 0) is 0 Å². The van der Waals surface area contributed by atoms with Gasteiger partial charge in [0.1, 0.15) is 0 Å². The zero-order valence-corrected chi connectivity index (χ0v) is 12.1. The van der Waals surface area contributed by atoms with Gasteiger partial charge in [-0.05, 0) is 50.8 Å². The summed E-state index contributed by atoms with van der Waals surface area (Å²) in [5, 5.41) is 3.17. The number of carbonyl (C=O) groups is 1. The Balaban J connectivity index is 1.65. The molecule has 2 saturated heterocycles. The summed E-state index contributed by atoms with van der Waals surface area (Å²) in [6.45, 7) is 4.28. The first kappa shape index (κ1) is 13.4. The molecule has 3 rings (SSSR count). The molecule has 2 aliphatic heterocycles. The molecular formula is C16H23N3O. The van der Waals surface area contributed by atoms with Crippen LogP contribution in [0.4, 0.5) is 5.69 Å². The van der Waals surface area contributed by atoms with E-state index in [1.165, 1.54) is 19.4 Å². The van der Waals surface area contributed by atoms with Crippen molar-refractivity contribution in [3.8, 4) is 0 Å². The molecule has 1 aromatic rings. The number of nitrogens with two attached hydrogens (primary N) is 1. The Morgan fingerprint density at radius 3 is 3.05 bits per heavy atom. The molecule has 2 aliphatic rings. The first-order chi connectivity index (χ1) is 9.65. The smallest absolute Gasteiger partial charge is 0.253 e. The van der Waals surface area contributed by atoms with Crippen LogP contribution in [-0.4, -0.2) is 36.0 Å². The second kappa shape index (κ2) is 5.44. The number of nitrogen functional groups attached to an aromatic ring is 1. The Hall–Kier alpha value is -1.55. The average molecular weight is 273 g/mol. The highest BCUT2D eigenvalue weighted by Crippen LogP contribution is 2.27. The first-order valence-corrected chi connectivity index (χ1v) is 7.55. The van der Waals surface area contributed by atoms with E-state index in [2.05, 4.69) is 10.2 Å². The van der Waals surface area contributed by atoms with Gasteiger partial charge in [-0.15, -0.1) is 0 Å². The van der Waals surface area contributed by atoms with Crippen molar-refractivity contribution in [2.24, 2.45) is 0 Å². The lowest BCUT2D eigenvalue weighted by Crippen LogP contribution is -2.47. The van der Waals surface area contributed by atoms with E-state index in [0.717, 1.165) is 24.9 Å². The van der Waals surface area contributed by atoms with Gasteiger partial charge in [0, 0.05) is 24.3 Å². The number of nitrogens with one attached hydrogen (secondary N) is 1. The fraction of sp³-hybridized carbons (Fsp3) is 0.562. The zero-order chi connectivity index (χ0) is 14.1. The third-order valence-corrected chi connectivity index (χ3v) is 4.72. The van der Waals surface area contributed by atoms with E-state index >= 15 is 0 Å². The van der Waals surface area contributed by atoms with Crippen LogP contribution in [0.2, 0.25) is 0 Å². The fourth-order valence-corrected chi connectivity index (χ4v) is 3.50. The molecular weight excluding hydrogens is 250 g/mol. The molecule has 0 saturated carbocycles. The van der Waals surface area contributed by atoms with Crippen LogP contribution < -0.4 is 11.1 Å². The van der Waals surface area contributed by atoms with Crippen molar-refractivity contribution in [3.63, 3.8) is 0 Å². The van der Waals surface area contributed by atoms with E-state index in [4.69, 9.17) is 5.73 Å². The molecule has 2 unspecified atom stereocenters. The SMILES string of the molecule is Cc1cccc(C(=O)NC2CCN3CCCC3C2)c1N. The Labute approximate surface area is 120 Å². The van der Waals surface area contributed by atoms with Crippen molar-refractivity contribution in [2.75, 3.05) is 18.8 Å². The van der Waals surface area contributed by atoms with Gasteiger partial charge in [-0.3, -0.25) is 4.79 Å². The van der Waals surface area contributed by atoms with Gasteiger partial charge in [0.15, 0.2) is 0 Å². The molecule has 0 bridgehead atoms. The standard InChI is InChI=1S/C16H23N3O/c1-11-4-2-6-14(15(11)17)16(20)18-12-7-9-19-8-3-5-13(19)10-12/h2,4,6,12-13H,3,5,7-10,17H2,1H3,(H,18,20). The van der Waals surface area contributed by atoms with Crippen molar-refractivity contribution < 1.29 is 4.79 Å². The van der Waals surface area contributed by atoms with Crippen molar-refractivity contribution >= 4 is 11.6 Å². The second-order valence-electron chi connectivity index (χ2n) is 6.06. The van der Waals surface area contributed by atoms with Crippen LogP contribution in [0.25, 0.3) is 0 Å². The number of para-hydroxylation sites is 1. The summed E-state index contributed by atoms with van der Waals surface area (Å²) in [4.78, 5) is 14.9. The highest BCUT2D eigenvalue weighted by molar-refractivity contribution is 5.99. The largest absolute Gasteiger partial charge is 0.398 e. The quantitative estimate of drug-likeness (QED) is 0.810. The van der Waals surface area contributed by atoms with Gasteiger partial charge in [-0.1, -0.05) is 12.1 Å². The summed E-state index contributed by atoms with van der Waals surface area (Å²) in [6, 6.07) is 6.59. The average Bonchev–Trinajstić information content (AvgIpc) is 2.89. The molecule has 0 aliphatic carbocycles. The highest BCUT2D eigenvalue weighted by Gasteiger charge is 2.32. The first-order valence-electron chi connectivity index (χ1n) is 7.55. The molecule has 108 valence electrons. The summed E-state index contributed by atoms with van der Waals surface area (Å²) in [7, 11) is 0. The van der Waals surface area contributed by atoms with E-state index in [9.17, 15) is 4.79 Å². The molecule has 2 heterocycles. The molecule has 0 radical (unpaired) electrons. The number of aryl methyl sites for hydroxylation is 1. The van der Waals surface area contributed by atoms with Gasteiger partial charge in [0.05, 0.1) is 5.56 Å². The molecule has 4 heteroatoms. The Morgan fingerprint density at radius 2 is 2.20 bits per heavy atom. The van der Waals surface area contributed by atoms with Crippen molar-refractivity contribution in [1.29, 1.82) is 0 Å². The normalized spacial score (nSPS) is 26.2. The number of rotatable bonds is 2. The molecule has 0 aromatic heterocycles. The lowest BCUT2D eigenvalue weighted by atomic mass is 9.97. The molecule has 4 nitrogen and oxygen atoms in total. The van der Waals surface area contributed by atoms with Crippen molar-refractivity contribution in [3.05, 3.63) is 29.3 Å². The van der Waals surface area contributed by atoms with Crippen LogP contribution in [0, 0.1) is 6.92 Å². The number of carbonyl (C=O) groups excluding carboxylic acids is 1. The predicted octanol–water partition coefficient (Wildman–Crippen LogP) is 1.93.